The molecule has 0 radical (unpaired) electrons. The van der Waals surface area contributed by atoms with Gasteiger partial charge in [-0.05, 0) is 19.1 Å². The monoisotopic (exact) mass is 321 g/mol. The van der Waals surface area contributed by atoms with Crippen molar-refractivity contribution < 1.29 is 29.3 Å². The zero-order valence-corrected chi connectivity index (χ0v) is 13.2. The molecule has 0 bridgehead atoms. The number of Topliss-reactive ketones (excluding diaryl/α,β-unsaturated/α-hetero) is 1. The van der Waals surface area contributed by atoms with Gasteiger partial charge in [-0.1, -0.05) is 0 Å². The summed E-state index contributed by atoms with van der Waals surface area (Å²) in [5.41, 5.74) is 0.524. The second kappa shape index (κ2) is 6.70. The molecule has 2 N–H and O–H groups in total. The zero-order chi connectivity index (χ0) is 17.1. The first-order chi connectivity index (χ1) is 11.0. The molecule has 0 fully saturated rings. The van der Waals surface area contributed by atoms with Gasteiger partial charge in [0.05, 0.1) is 32.4 Å². The van der Waals surface area contributed by atoms with Gasteiger partial charge in [0.15, 0.2) is 11.5 Å². The number of hydrogen-bond donors (Lipinski definition) is 2. The van der Waals surface area contributed by atoms with Crippen LogP contribution in [0.4, 0.5) is 0 Å². The number of aliphatic hydroxyl groups is 2. The Kier molecular flexibility index (Phi) is 4.90. The average molecular weight is 321 g/mol. The first kappa shape index (κ1) is 16.8. The molecule has 1 heterocycles. The standard InChI is InChI=1S/C16H19NO6/c1-9(19)13-14(17(6-7-18)16(21)15(13)20)11-5-4-10(22-2)8-12(11)23-3/h4-5,8,14,18,20H,6-7H2,1-3H3/t14-/m1/s1. The molecule has 0 saturated heterocycles. The SMILES string of the molecule is COc1ccc([C@@H]2C(C(C)=O)=C(O)C(=O)N2CCO)c(OC)c1. The van der Waals surface area contributed by atoms with Crippen LogP contribution >= 0.6 is 0 Å². The van der Waals surface area contributed by atoms with E-state index < -0.39 is 23.5 Å². The molecule has 1 aliphatic heterocycles. The Labute approximate surface area is 133 Å². The van der Waals surface area contributed by atoms with Crippen LogP contribution in [0.2, 0.25) is 0 Å². The third-order valence-electron chi connectivity index (χ3n) is 3.76. The van der Waals surface area contributed by atoms with Crippen molar-refractivity contribution in [2.75, 3.05) is 27.4 Å². The maximum Gasteiger partial charge on any atom is 0.290 e. The molecule has 1 aromatic rings. The molecule has 23 heavy (non-hydrogen) atoms. The van der Waals surface area contributed by atoms with Crippen molar-refractivity contribution in [3.8, 4) is 11.5 Å². The van der Waals surface area contributed by atoms with E-state index >= 15 is 0 Å². The Balaban J connectivity index is 2.61. The largest absolute Gasteiger partial charge is 0.503 e. The number of rotatable bonds is 6. The van der Waals surface area contributed by atoms with Crippen LogP contribution in [0.1, 0.15) is 18.5 Å². The molecule has 1 aromatic carbocycles. The fourth-order valence-electron chi connectivity index (χ4n) is 2.72. The zero-order valence-electron chi connectivity index (χ0n) is 13.2. The maximum atomic E-state index is 12.2. The number of amides is 1. The lowest BCUT2D eigenvalue weighted by molar-refractivity contribution is -0.129. The molecule has 0 unspecified atom stereocenters. The number of methoxy groups -OCH3 is 2. The van der Waals surface area contributed by atoms with Gasteiger partial charge in [0.25, 0.3) is 5.91 Å². The van der Waals surface area contributed by atoms with Crippen LogP contribution < -0.4 is 9.47 Å². The van der Waals surface area contributed by atoms with Crippen molar-refractivity contribution in [3.63, 3.8) is 0 Å². The van der Waals surface area contributed by atoms with E-state index in [-0.39, 0.29) is 18.7 Å². The minimum atomic E-state index is -0.812. The lowest BCUT2D eigenvalue weighted by Gasteiger charge is -2.27. The second-order valence-corrected chi connectivity index (χ2v) is 5.05. The minimum absolute atomic E-state index is 0.00748. The fraction of sp³-hybridized carbons (Fsp3) is 0.375. The second-order valence-electron chi connectivity index (χ2n) is 5.05. The van der Waals surface area contributed by atoms with Gasteiger partial charge in [-0.15, -0.1) is 0 Å². The van der Waals surface area contributed by atoms with Gasteiger partial charge in [0, 0.05) is 18.2 Å². The van der Waals surface area contributed by atoms with E-state index in [1.54, 1.807) is 18.2 Å². The summed E-state index contributed by atoms with van der Waals surface area (Å²) >= 11 is 0. The summed E-state index contributed by atoms with van der Waals surface area (Å²) in [5, 5.41) is 19.2. The van der Waals surface area contributed by atoms with E-state index in [0.29, 0.717) is 17.1 Å². The molecule has 7 heteroatoms. The Hall–Kier alpha value is -2.54. The lowest BCUT2D eigenvalue weighted by atomic mass is 9.95. The molecule has 0 aliphatic carbocycles. The third-order valence-corrected chi connectivity index (χ3v) is 3.76. The molecule has 1 aliphatic rings. The number of carbonyl (C=O) groups is 2. The van der Waals surface area contributed by atoms with Crippen LogP contribution in [0.25, 0.3) is 0 Å². The number of hydrogen-bond acceptors (Lipinski definition) is 6. The van der Waals surface area contributed by atoms with Crippen LogP contribution in [0.3, 0.4) is 0 Å². The average Bonchev–Trinajstić information content (AvgIpc) is 2.79. The predicted molar refractivity (Wildman–Crippen MR) is 81.4 cm³/mol. The topological polar surface area (TPSA) is 96.3 Å². The van der Waals surface area contributed by atoms with Gasteiger partial charge in [0.1, 0.15) is 11.5 Å². The Bertz CT molecular complexity index is 667. The summed E-state index contributed by atoms with van der Waals surface area (Å²) in [5.74, 6) is -0.722. The van der Waals surface area contributed by atoms with Crippen LogP contribution in [0.5, 0.6) is 11.5 Å². The van der Waals surface area contributed by atoms with Crippen LogP contribution in [0, 0.1) is 0 Å². The molecule has 2 rings (SSSR count). The van der Waals surface area contributed by atoms with Crippen molar-refractivity contribution in [2.24, 2.45) is 0 Å². The number of β-amino-alcohol motifs (C(OH)–C–C–N with tert-alkyl or cyclic N) is 1. The van der Waals surface area contributed by atoms with Crippen LogP contribution in [-0.4, -0.2) is 54.2 Å². The number of ketones is 1. The van der Waals surface area contributed by atoms with E-state index in [4.69, 9.17) is 9.47 Å². The Morgan fingerprint density at radius 1 is 1.30 bits per heavy atom. The van der Waals surface area contributed by atoms with Crippen molar-refractivity contribution >= 4 is 11.7 Å². The normalized spacial score (nSPS) is 17.7. The lowest BCUT2D eigenvalue weighted by Crippen LogP contribution is -2.33. The molecular formula is C16H19NO6. The molecule has 1 atom stereocenters. The van der Waals surface area contributed by atoms with E-state index in [2.05, 4.69) is 0 Å². The number of carbonyl (C=O) groups excluding carboxylic acids is 2. The summed E-state index contributed by atoms with van der Waals surface area (Å²) in [7, 11) is 2.97. The summed E-state index contributed by atoms with van der Waals surface area (Å²) in [6.45, 7) is 0.975. The quantitative estimate of drug-likeness (QED) is 0.811. The molecule has 0 saturated carbocycles. The van der Waals surface area contributed by atoms with Crippen LogP contribution in [0.15, 0.2) is 29.5 Å². The van der Waals surface area contributed by atoms with Crippen molar-refractivity contribution in [1.29, 1.82) is 0 Å². The number of benzene rings is 1. The summed E-state index contributed by atoms with van der Waals surface area (Å²) in [6, 6.07) is 4.16. The molecule has 7 nitrogen and oxygen atoms in total. The van der Waals surface area contributed by atoms with Gasteiger partial charge >= 0.3 is 0 Å². The number of nitrogens with zero attached hydrogens (tertiary/aromatic N) is 1. The van der Waals surface area contributed by atoms with Crippen molar-refractivity contribution in [3.05, 3.63) is 35.1 Å². The smallest absolute Gasteiger partial charge is 0.290 e. The highest BCUT2D eigenvalue weighted by Gasteiger charge is 2.43. The Morgan fingerprint density at radius 3 is 2.52 bits per heavy atom. The fourth-order valence-corrected chi connectivity index (χ4v) is 2.72. The highest BCUT2D eigenvalue weighted by atomic mass is 16.5. The highest BCUT2D eigenvalue weighted by Crippen LogP contribution is 2.42. The van der Waals surface area contributed by atoms with E-state index in [0.717, 1.165) is 0 Å². The molecule has 0 spiro atoms. The van der Waals surface area contributed by atoms with Gasteiger partial charge in [-0.25, -0.2) is 0 Å². The summed E-state index contributed by atoms with van der Waals surface area (Å²) in [6.07, 6.45) is 0. The summed E-state index contributed by atoms with van der Waals surface area (Å²) < 4.78 is 10.5. The molecular weight excluding hydrogens is 302 g/mol. The van der Waals surface area contributed by atoms with Crippen molar-refractivity contribution in [1.82, 2.24) is 4.90 Å². The third kappa shape index (κ3) is 2.87. The molecule has 124 valence electrons. The van der Waals surface area contributed by atoms with Crippen molar-refractivity contribution in [2.45, 2.75) is 13.0 Å². The first-order valence-corrected chi connectivity index (χ1v) is 7.04. The Morgan fingerprint density at radius 2 is 2.00 bits per heavy atom. The van der Waals surface area contributed by atoms with E-state index in [1.165, 1.54) is 26.0 Å². The first-order valence-electron chi connectivity index (χ1n) is 7.04. The number of ether oxygens (including phenoxy) is 2. The van der Waals surface area contributed by atoms with Gasteiger partial charge in [-0.3, -0.25) is 9.59 Å². The van der Waals surface area contributed by atoms with E-state index in [1.807, 2.05) is 0 Å². The van der Waals surface area contributed by atoms with Gasteiger partial charge in [-0.2, -0.15) is 0 Å². The number of aliphatic hydroxyl groups excluding tert-OH is 2. The minimum Gasteiger partial charge on any atom is -0.503 e. The van der Waals surface area contributed by atoms with E-state index in [9.17, 15) is 19.8 Å². The molecule has 0 aromatic heterocycles. The summed E-state index contributed by atoms with van der Waals surface area (Å²) in [4.78, 5) is 25.4. The van der Waals surface area contributed by atoms with Crippen LogP contribution in [-0.2, 0) is 9.59 Å². The maximum absolute atomic E-state index is 12.2. The highest BCUT2D eigenvalue weighted by molar-refractivity contribution is 6.08. The van der Waals surface area contributed by atoms with Gasteiger partial charge < -0.3 is 24.6 Å². The predicted octanol–water partition coefficient (Wildman–Crippen LogP) is 0.980. The molecule has 1 amide bonds. The van der Waals surface area contributed by atoms with Gasteiger partial charge in [0.2, 0.25) is 0 Å².